The largest absolute Gasteiger partial charge is 0.481 e. The number of alkyl halides is 1. The third-order valence-corrected chi connectivity index (χ3v) is 3.06. The normalized spacial score (nSPS) is 12.1. The van der Waals surface area contributed by atoms with Crippen LogP contribution in [0.3, 0.4) is 0 Å². The second kappa shape index (κ2) is 8.94. The van der Waals surface area contributed by atoms with E-state index in [1.807, 2.05) is 29.5 Å². The Hall–Kier alpha value is -0.330. The highest BCUT2D eigenvalue weighted by Gasteiger charge is 2.16. The number of hydrogen-bond donors (Lipinski definition) is 1. The van der Waals surface area contributed by atoms with Crippen LogP contribution in [0, 0.1) is 5.92 Å². The van der Waals surface area contributed by atoms with Crippen molar-refractivity contribution >= 4 is 34.5 Å². The van der Waals surface area contributed by atoms with Gasteiger partial charge >= 0.3 is 11.9 Å². The first-order chi connectivity index (χ1) is 7.11. The van der Waals surface area contributed by atoms with E-state index in [0.717, 1.165) is 12.8 Å². The van der Waals surface area contributed by atoms with Crippen LogP contribution in [0.2, 0.25) is 0 Å². The van der Waals surface area contributed by atoms with E-state index in [2.05, 4.69) is 0 Å². The molecule has 88 valence electrons. The summed E-state index contributed by atoms with van der Waals surface area (Å²) in [7, 11) is 0. The van der Waals surface area contributed by atoms with Crippen LogP contribution >= 0.6 is 22.6 Å². The number of unbranched alkanes of at least 4 members (excludes halogenated alkanes) is 1. The molecule has 0 aromatic rings. The fourth-order valence-electron chi connectivity index (χ4n) is 0.975. The number of carboxylic acids is 1. The lowest BCUT2D eigenvalue weighted by Gasteiger charge is -2.09. The van der Waals surface area contributed by atoms with Gasteiger partial charge in [0.25, 0.3) is 0 Å². The molecule has 1 unspecified atom stereocenters. The molecule has 4 nitrogen and oxygen atoms in total. The molecule has 0 aliphatic heterocycles. The monoisotopic (exact) mass is 328 g/mol. The van der Waals surface area contributed by atoms with Crippen molar-refractivity contribution in [3.8, 4) is 0 Å². The maximum Gasteiger partial charge on any atom is 0.307 e. The molecule has 5 heteroatoms. The minimum Gasteiger partial charge on any atom is -0.481 e. The van der Waals surface area contributed by atoms with Gasteiger partial charge < -0.3 is 9.84 Å². The molecule has 0 aliphatic rings. The molecule has 0 fully saturated rings. The first kappa shape index (κ1) is 14.7. The Kier molecular flexibility index (Phi) is 8.74. The number of hydrogen-bond acceptors (Lipinski definition) is 3. The zero-order valence-electron chi connectivity index (χ0n) is 8.87. The van der Waals surface area contributed by atoms with Crippen LogP contribution in [0.15, 0.2) is 0 Å². The summed E-state index contributed by atoms with van der Waals surface area (Å²) in [5.41, 5.74) is 0. The van der Waals surface area contributed by atoms with Gasteiger partial charge in [0.15, 0.2) is 0 Å². The molecule has 0 spiro atoms. The molecular formula is C10H17IO4. The summed E-state index contributed by atoms with van der Waals surface area (Å²) in [6.45, 7) is 2.21. The van der Waals surface area contributed by atoms with Crippen LogP contribution in [-0.2, 0) is 14.3 Å². The molecule has 15 heavy (non-hydrogen) atoms. The maximum absolute atomic E-state index is 11.1. The molecule has 0 aromatic carbocycles. The van der Waals surface area contributed by atoms with Gasteiger partial charge in [-0.3, -0.25) is 9.59 Å². The summed E-state index contributed by atoms with van der Waals surface area (Å²) < 4.78 is 5.46. The van der Waals surface area contributed by atoms with Gasteiger partial charge in [0, 0.05) is 10.8 Å². The van der Waals surface area contributed by atoms with Crippen LogP contribution in [0.25, 0.3) is 0 Å². The molecule has 0 amide bonds. The van der Waals surface area contributed by atoms with Crippen LogP contribution in [0.1, 0.15) is 32.6 Å². The van der Waals surface area contributed by atoms with Crippen LogP contribution < -0.4 is 0 Å². The van der Waals surface area contributed by atoms with Crippen molar-refractivity contribution in [2.75, 3.05) is 11.0 Å². The lowest BCUT2D eigenvalue weighted by Crippen LogP contribution is -2.18. The van der Waals surface area contributed by atoms with E-state index in [4.69, 9.17) is 9.84 Å². The molecule has 0 aliphatic carbocycles. The first-order valence-electron chi connectivity index (χ1n) is 5.06. The second-order valence-corrected chi connectivity index (χ2v) is 4.18. The summed E-state index contributed by atoms with van der Waals surface area (Å²) in [5.74, 6) is -1.46. The molecule has 0 heterocycles. The number of ether oxygens (including phenoxy) is 1. The van der Waals surface area contributed by atoms with Gasteiger partial charge in [-0.2, -0.15) is 0 Å². The first-order valence-corrected chi connectivity index (χ1v) is 6.58. The topological polar surface area (TPSA) is 63.6 Å². The Balaban J connectivity index is 3.59. The maximum atomic E-state index is 11.1. The number of aliphatic carboxylic acids is 1. The third-order valence-electron chi connectivity index (χ3n) is 2.00. The van der Waals surface area contributed by atoms with Gasteiger partial charge in [0.2, 0.25) is 0 Å². The predicted octanol–water partition coefficient (Wildman–Crippen LogP) is 2.25. The van der Waals surface area contributed by atoms with E-state index in [1.165, 1.54) is 0 Å². The smallest absolute Gasteiger partial charge is 0.307 e. The average molecular weight is 328 g/mol. The van der Waals surface area contributed by atoms with E-state index in [9.17, 15) is 9.59 Å². The highest BCUT2D eigenvalue weighted by molar-refractivity contribution is 14.1. The molecule has 1 N–H and O–H groups in total. The van der Waals surface area contributed by atoms with Gasteiger partial charge in [-0.15, -0.1) is 0 Å². The lowest BCUT2D eigenvalue weighted by atomic mass is 10.1. The van der Waals surface area contributed by atoms with Gasteiger partial charge in [0.05, 0.1) is 12.5 Å². The summed E-state index contributed by atoms with van der Waals surface area (Å²) >= 11 is 2.02. The van der Waals surface area contributed by atoms with E-state index < -0.39 is 11.9 Å². The minimum atomic E-state index is -0.825. The average Bonchev–Trinajstić information content (AvgIpc) is 2.20. The van der Waals surface area contributed by atoms with Crippen LogP contribution in [0.4, 0.5) is 0 Å². The highest BCUT2D eigenvalue weighted by atomic mass is 127. The van der Waals surface area contributed by atoms with Gasteiger partial charge in [-0.05, 0) is 12.8 Å². The Morgan fingerprint density at radius 2 is 2.13 bits per heavy atom. The fraction of sp³-hybridized carbons (Fsp3) is 0.800. The number of esters is 1. The molecule has 0 saturated heterocycles. The van der Waals surface area contributed by atoms with E-state index in [0.29, 0.717) is 17.3 Å². The number of carbonyl (C=O) groups is 2. The van der Waals surface area contributed by atoms with Crippen LogP contribution in [-0.4, -0.2) is 28.1 Å². The predicted molar refractivity (Wildman–Crippen MR) is 65.1 cm³/mol. The standard InChI is InChI=1S/C10H17IO4/c1-2-3-4-9(12)15-6-5-8(7-11)10(13)14/h8H,2-7H2,1H3,(H,13,14). The van der Waals surface area contributed by atoms with E-state index in [-0.39, 0.29) is 12.6 Å². The number of carboxylic acid groups (broad SMARTS) is 1. The summed E-state index contributed by atoms with van der Waals surface area (Å²) in [6.07, 6.45) is 2.61. The van der Waals surface area contributed by atoms with Crippen molar-refractivity contribution in [2.45, 2.75) is 32.6 Å². The van der Waals surface area contributed by atoms with E-state index in [1.54, 1.807) is 0 Å². The molecular weight excluding hydrogens is 311 g/mol. The zero-order valence-corrected chi connectivity index (χ0v) is 11.0. The molecule has 0 rings (SSSR count). The minimum absolute atomic E-state index is 0.211. The van der Waals surface area contributed by atoms with Crippen molar-refractivity contribution in [1.82, 2.24) is 0 Å². The Morgan fingerprint density at radius 1 is 1.47 bits per heavy atom. The Morgan fingerprint density at radius 3 is 2.60 bits per heavy atom. The summed E-state index contributed by atoms with van der Waals surface area (Å²) in [5, 5.41) is 8.73. The zero-order chi connectivity index (χ0) is 11.7. The Labute approximate surface area is 104 Å². The van der Waals surface area contributed by atoms with Gasteiger partial charge in [-0.1, -0.05) is 35.9 Å². The van der Waals surface area contributed by atoms with Gasteiger partial charge in [0.1, 0.15) is 0 Å². The molecule has 0 saturated carbocycles. The second-order valence-electron chi connectivity index (χ2n) is 3.30. The molecule has 0 radical (unpaired) electrons. The summed E-state index contributed by atoms with van der Waals surface area (Å²) in [6, 6.07) is 0. The number of halogens is 1. The molecule has 0 bridgehead atoms. The van der Waals surface area contributed by atoms with Crippen molar-refractivity contribution < 1.29 is 19.4 Å². The van der Waals surface area contributed by atoms with Crippen LogP contribution in [0.5, 0.6) is 0 Å². The number of carbonyl (C=O) groups excluding carboxylic acids is 1. The van der Waals surface area contributed by atoms with Crippen molar-refractivity contribution in [2.24, 2.45) is 5.92 Å². The number of rotatable bonds is 8. The highest BCUT2D eigenvalue weighted by Crippen LogP contribution is 2.08. The van der Waals surface area contributed by atoms with Crippen molar-refractivity contribution in [3.05, 3.63) is 0 Å². The van der Waals surface area contributed by atoms with Crippen molar-refractivity contribution in [1.29, 1.82) is 0 Å². The van der Waals surface area contributed by atoms with E-state index >= 15 is 0 Å². The third kappa shape index (κ3) is 7.58. The molecule has 1 atom stereocenters. The lowest BCUT2D eigenvalue weighted by molar-refractivity contribution is -0.147. The quantitative estimate of drug-likeness (QED) is 0.422. The van der Waals surface area contributed by atoms with Gasteiger partial charge in [-0.25, -0.2) is 0 Å². The van der Waals surface area contributed by atoms with Crippen molar-refractivity contribution in [3.63, 3.8) is 0 Å². The Bertz CT molecular complexity index is 206. The SMILES string of the molecule is CCCCC(=O)OCCC(CI)C(=O)O. The fourth-order valence-corrected chi connectivity index (χ4v) is 1.79. The molecule has 0 aromatic heterocycles. The summed E-state index contributed by atoms with van der Waals surface area (Å²) in [4.78, 5) is 21.7.